The third-order valence-electron chi connectivity index (χ3n) is 5.89. The molecule has 0 radical (unpaired) electrons. The Morgan fingerprint density at radius 2 is 1.76 bits per heavy atom. The second-order valence-electron chi connectivity index (χ2n) is 8.35. The van der Waals surface area contributed by atoms with Crippen molar-refractivity contribution in [2.75, 3.05) is 18.4 Å². The van der Waals surface area contributed by atoms with Gasteiger partial charge in [-0.15, -0.1) is 0 Å². The van der Waals surface area contributed by atoms with Crippen LogP contribution in [-0.2, 0) is 14.8 Å². The van der Waals surface area contributed by atoms with Crippen molar-refractivity contribution in [1.82, 2.24) is 9.46 Å². The van der Waals surface area contributed by atoms with E-state index < -0.39 is 21.8 Å². The molecule has 0 aliphatic carbocycles. The molecule has 2 aromatic carbocycles. The van der Waals surface area contributed by atoms with Crippen LogP contribution >= 0.6 is 0 Å². The summed E-state index contributed by atoms with van der Waals surface area (Å²) >= 11 is 0. The van der Waals surface area contributed by atoms with Gasteiger partial charge in [-0.3, -0.25) is 4.79 Å². The third kappa shape index (κ3) is 5.10. The predicted molar refractivity (Wildman–Crippen MR) is 128 cm³/mol. The monoisotopic (exact) mass is 483 g/mol. The standard InChI is InChI=1S/C25H26FN3O4S/c1-17-7-9-19(10-8-17)11-12-23-24(18(2)28-33-23)34(31,32)29-15-13-20(14-16-29)25(30)27-22-6-4-3-5-21(22)26/h3-12,20H,13-16H2,1-2H3,(H,27,30)/b12-11+. The van der Waals surface area contributed by atoms with Gasteiger partial charge in [0.25, 0.3) is 0 Å². The van der Waals surface area contributed by atoms with E-state index in [1.165, 1.54) is 16.4 Å². The molecule has 3 aromatic rings. The second-order valence-corrected chi connectivity index (χ2v) is 10.2. The number of carbonyl (C=O) groups is 1. The predicted octanol–water partition coefficient (Wildman–Crippen LogP) is 4.64. The summed E-state index contributed by atoms with van der Waals surface area (Å²) in [7, 11) is -3.87. The number of amides is 1. The van der Waals surface area contributed by atoms with Gasteiger partial charge in [0.05, 0.1) is 5.69 Å². The van der Waals surface area contributed by atoms with Crippen LogP contribution in [0.5, 0.6) is 0 Å². The highest BCUT2D eigenvalue weighted by molar-refractivity contribution is 7.89. The molecule has 0 unspecified atom stereocenters. The van der Waals surface area contributed by atoms with Gasteiger partial charge in [0.1, 0.15) is 11.5 Å². The molecule has 1 aliphatic rings. The third-order valence-corrected chi connectivity index (χ3v) is 7.95. The first-order chi connectivity index (χ1) is 16.3. The van der Waals surface area contributed by atoms with Crippen molar-refractivity contribution >= 4 is 33.8 Å². The summed E-state index contributed by atoms with van der Waals surface area (Å²) < 4.78 is 47.3. The number of benzene rings is 2. The SMILES string of the molecule is Cc1ccc(/C=C/c2onc(C)c2S(=O)(=O)N2CCC(C(=O)Nc3ccccc3F)CC2)cc1. The molecule has 1 saturated heterocycles. The topological polar surface area (TPSA) is 92.5 Å². The number of para-hydroxylation sites is 1. The van der Waals surface area contributed by atoms with E-state index in [1.54, 1.807) is 31.2 Å². The number of nitrogens with zero attached hydrogens (tertiary/aromatic N) is 2. The molecule has 0 atom stereocenters. The number of carbonyl (C=O) groups excluding carboxylic acids is 1. The maximum absolute atomic E-state index is 13.8. The zero-order valence-corrected chi connectivity index (χ0v) is 19.8. The number of hydrogen-bond acceptors (Lipinski definition) is 5. The number of hydrogen-bond donors (Lipinski definition) is 1. The molecule has 7 nitrogen and oxygen atoms in total. The zero-order chi connectivity index (χ0) is 24.3. The summed E-state index contributed by atoms with van der Waals surface area (Å²) in [5.41, 5.74) is 2.43. The number of aromatic nitrogens is 1. The number of sulfonamides is 1. The van der Waals surface area contributed by atoms with Crippen LogP contribution in [0.3, 0.4) is 0 Å². The van der Waals surface area contributed by atoms with Gasteiger partial charge in [-0.2, -0.15) is 4.31 Å². The van der Waals surface area contributed by atoms with E-state index in [-0.39, 0.29) is 41.0 Å². The average molecular weight is 484 g/mol. The Bertz CT molecular complexity index is 1310. The van der Waals surface area contributed by atoms with Crippen LogP contribution in [-0.4, -0.2) is 36.9 Å². The van der Waals surface area contributed by atoms with Crippen LogP contribution in [0.2, 0.25) is 0 Å². The Morgan fingerprint density at radius 1 is 1.09 bits per heavy atom. The molecule has 1 aromatic heterocycles. The van der Waals surface area contributed by atoms with Crippen molar-refractivity contribution in [2.24, 2.45) is 5.92 Å². The lowest BCUT2D eigenvalue weighted by Gasteiger charge is -2.30. The molecule has 1 amide bonds. The first-order valence-corrected chi connectivity index (χ1v) is 12.5. The van der Waals surface area contributed by atoms with E-state index in [4.69, 9.17) is 4.52 Å². The van der Waals surface area contributed by atoms with Gasteiger partial charge in [0.2, 0.25) is 15.9 Å². The van der Waals surface area contributed by atoms with Crippen LogP contribution in [0.25, 0.3) is 12.2 Å². The maximum Gasteiger partial charge on any atom is 0.248 e. The van der Waals surface area contributed by atoms with E-state index in [1.807, 2.05) is 31.2 Å². The molecule has 0 saturated carbocycles. The van der Waals surface area contributed by atoms with Crippen molar-refractivity contribution in [3.05, 3.63) is 76.9 Å². The van der Waals surface area contributed by atoms with Crippen molar-refractivity contribution in [3.63, 3.8) is 0 Å². The Balaban J connectivity index is 1.45. The molecule has 4 rings (SSSR count). The molecule has 2 heterocycles. The largest absolute Gasteiger partial charge is 0.355 e. The lowest BCUT2D eigenvalue weighted by Crippen LogP contribution is -2.41. The van der Waals surface area contributed by atoms with Gasteiger partial charge in [0, 0.05) is 19.0 Å². The van der Waals surface area contributed by atoms with Crippen LogP contribution < -0.4 is 5.32 Å². The van der Waals surface area contributed by atoms with Crippen LogP contribution in [0.4, 0.5) is 10.1 Å². The summed E-state index contributed by atoms with van der Waals surface area (Å²) in [5.74, 6) is -1.07. The first kappa shape index (κ1) is 23.8. The van der Waals surface area contributed by atoms with Crippen molar-refractivity contribution in [2.45, 2.75) is 31.6 Å². The average Bonchev–Trinajstić information content (AvgIpc) is 3.21. The molecule has 9 heteroatoms. The fraction of sp³-hybridized carbons (Fsp3) is 0.280. The second kappa shape index (κ2) is 9.90. The van der Waals surface area contributed by atoms with E-state index in [9.17, 15) is 17.6 Å². The Hall–Kier alpha value is -3.30. The Labute approximate surface area is 198 Å². The quantitative estimate of drug-likeness (QED) is 0.551. The molecule has 1 fully saturated rings. The van der Waals surface area contributed by atoms with E-state index in [2.05, 4.69) is 10.5 Å². The lowest BCUT2D eigenvalue weighted by atomic mass is 9.97. The van der Waals surface area contributed by atoms with E-state index in [0.717, 1.165) is 11.1 Å². The summed E-state index contributed by atoms with van der Waals surface area (Å²) in [6.07, 6.45) is 4.04. The minimum absolute atomic E-state index is 0.0325. The van der Waals surface area contributed by atoms with Crippen molar-refractivity contribution in [3.8, 4) is 0 Å². The normalized spacial score (nSPS) is 15.6. The smallest absolute Gasteiger partial charge is 0.248 e. The van der Waals surface area contributed by atoms with E-state index in [0.29, 0.717) is 12.8 Å². The zero-order valence-electron chi connectivity index (χ0n) is 19.0. The number of rotatable bonds is 6. The summed E-state index contributed by atoms with van der Waals surface area (Å²) in [6.45, 7) is 3.92. The molecule has 34 heavy (non-hydrogen) atoms. The molecule has 1 aliphatic heterocycles. The van der Waals surface area contributed by atoms with Crippen molar-refractivity contribution < 1.29 is 22.1 Å². The van der Waals surface area contributed by atoms with Crippen LogP contribution in [0, 0.1) is 25.6 Å². The first-order valence-electron chi connectivity index (χ1n) is 11.0. The van der Waals surface area contributed by atoms with Gasteiger partial charge >= 0.3 is 0 Å². The van der Waals surface area contributed by atoms with Gasteiger partial charge in [-0.25, -0.2) is 12.8 Å². The minimum Gasteiger partial charge on any atom is -0.355 e. The number of halogens is 1. The highest BCUT2D eigenvalue weighted by Crippen LogP contribution is 2.30. The molecular weight excluding hydrogens is 457 g/mol. The number of aryl methyl sites for hydroxylation is 2. The fourth-order valence-corrected chi connectivity index (χ4v) is 5.65. The fourth-order valence-electron chi connectivity index (χ4n) is 3.93. The van der Waals surface area contributed by atoms with E-state index >= 15 is 0 Å². The number of anilines is 1. The van der Waals surface area contributed by atoms with Crippen molar-refractivity contribution in [1.29, 1.82) is 0 Å². The Morgan fingerprint density at radius 3 is 2.44 bits per heavy atom. The van der Waals surface area contributed by atoms with Gasteiger partial charge in [-0.05, 0) is 50.5 Å². The highest BCUT2D eigenvalue weighted by atomic mass is 32.2. The minimum atomic E-state index is -3.87. The number of nitrogens with one attached hydrogen (secondary N) is 1. The molecule has 178 valence electrons. The highest BCUT2D eigenvalue weighted by Gasteiger charge is 2.36. The Kier molecular flexibility index (Phi) is 6.95. The van der Waals surface area contributed by atoms with Gasteiger partial charge in [-0.1, -0.05) is 53.2 Å². The number of piperidine rings is 1. The summed E-state index contributed by atoms with van der Waals surface area (Å²) in [6, 6.07) is 13.8. The molecule has 0 bridgehead atoms. The molecular formula is C25H26FN3O4S. The summed E-state index contributed by atoms with van der Waals surface area (Å²) in [4.78, 5) is 12.6. The molecule has 1 N–H and O–H groups in total. The summed E-state index contributed by atoms with van der Waals surface area (Å²) in [5, 5.41) is 6.47. The molecule has 0 spiro atoms. The maximum atomic E-state index is 13.8. The van der Waals surface area contributed by atoms with Gasteiger partial charge in [0.15, 0.2) is 10.7 Å². The lowest BCUT2D eigenvalue weighted by molar-refractivity contribution is -0.120. The van der Waals surface area contributed by atoms with Crippen LogP contribution in [0.1, 0.15) is 35.4 Å². The van der Waals surface area contributed by atoms with Gasteiger partial charge < -0.3 is 9.84 Å². The van der Waals surface area contributed by atoms with Crippen LogP contribution in [0.15, 0.2) is 57.9 Å².